The summed E-state index contributed by atoms with van der Waals surface area (Å²) in [5.41, 5.74) is 3.53. The maximum absolute atomic E-state index is 11.9. The molecule has 0 fully saturated rings. The van der Waals surface area contributed by atoms with E-state index in [1.165, 1.54) is 6.07 Å². The first-order chi connectivity index (χ1) is 11.4. The molecule has 5 nitrogen and oxygen atoms in total. The van der Waals surface area contributed by atoms with Crippen molar-refractivity contribution in [3.05, 3.63) is 42.0 Å². The van der Waals surface area contributed by atoms with Crippen LogP contribution in [0, 0.1) is 12.8 Å². The van der Waals surface area contributed by atoms with Crippen LogP contribution in [-0.2, 0) is 4.79 Å². The summed E-state index contributed by atoms with van der Waals surface area (Å²) < 4.78 is 5.73. The Hall–Kier alpha value is -2.82. The van der Waals surface area contributed by atoms with Crippen molar-refractivity contribution in [2.45, 2.75) is 27.2 Å². The number of benzene rings is 2. The Morgan fingerprint density at radius 2 is 2.04 bits per heavy atom. The van der Waals surface area contributed by atoms with E-state index in [-0.39, 0.29) is 17.6 Å². The van der Waals surface area contributed by atoms with E-state index in [2.05, 4.69) is 10.3 Å². The predicted molar refractivity (Wildman–Crippen MR) is 93.9 cm³/mol. The molecule has 0 spiro atoms. The number of carbonyl (C=O) groups excluding carboxylic acids is 1. The highest BCUT2D eigenvalue weighted by atomic mass is 16.3. The Morgan fingerprint density at radius 1 is 1.25 bits per heavy atom. The minimum absolute atomic E-state index is 0.0557. The van der Waals surface area contributed by atoms with E-state index in [4.69, 9.17) is 4.42 Å². The van der Waals surface area contributed by atoms with Gasteiger partial charge in [-0.2, -0.15) is 0 Å². The van der Waals surface area contributed by atoms with Gasteiger partial charge in [-0.15, -0.1) is 0 Å². The van der Waals surface area contributed by atoms with Gasteiger partial charge in [-0.1, -0.05) is 19.9 Å². The zero-order valence-electron chi connectivity index (χ0n) is 14.0. The summed E-state index contributed by atoms with van der Waals surface area (Å²) in [5, 5.41) is 13.0. The summed E-state index contributed by atoms with van der Waals surface area (Å²) >= 11 is 0. The van der Waals surface area contributed by atoms with Crippen molar-refractivity contribution in [1.82, 2.24) is 4.98 Å². The Labute approximate surface area is 140 Å². The number of fused-ring (bicyclic) bond motifs is 1. The number of aromatic nitrogens is 1. The molecule has 3 aromatic rings. The molecule has 0 saturated heterocycles. The lowest BCUT2D eigenvalue weighted by Gasteiger charge is -2.09. The zero-order valence-corrected chi connectivity index (χ0v) is 14.0. The molecule has 0 aliphatic carbocycles. The molecule has 24 heavy (non-hydrogen) atoms. The van der Waals surface area contributed by atoms with Crippen LogP contribution >= 0.6 is 0 Å². The standard InChI is InChI=1S/C19H20N2O3/c1-11(2)8-18(23)20-13-5-6-16(22)14(10-13)19-21-15-9-12(3)4-7-17(15)24-19/h4-7,9-11,22H,8H2,1-3H3,(H,20,23). The third-order valence-corrected chi connectivity index (χ3v) is 3.65. The van der Waals surface area contributed by atoms with Gasteiger partial charge in [0.25, 0.3) is 0 Å². The number of aryl methyl sites for hydroxylation is 1. The molecule has 0 aliphatic rings. The van der Waals surface area contributed by atoms with Gasteiger partial charge in [-0.3, -0.25) is 4.79 Å². The molecular weight excluding hydrogens is 304 g/mol. The molecule has 5 heteroatoms. The van der Waals surface area contributed by atoms with E-state index >= 15 is 0 Å². The minimum atomic E-state index is -0.0603. The summed E-state index contributed by atoms with van der Waals surface area (Å²) in [6, 6.07) is 10.6. The van der Waals surface area contributed by atoms with E-state index in [0.717, 1.165) is 11.1 Å². The van der Waals surface area contributed by atoms with Crippen LogP contribution in [0.1, 0.15) is 25.8 Å². The largest absolute Gasteiger partial charge is 0.507 e. The highest BCUT2D eigenvalue weighted by molar-refractivity contribution is 5.92. The number of aromatic hydroxyl groups is 1. The lowest BCUT2D eigenvalue weighted by molar-refractivity contribution is -0.116. The van der Waals surface area contributed by atoms with Gasteiger partial charge in [0.15, 0.2) is 5.58 Å². The van der Waals surface area contributed by atoms with Gasteiger partial charge in [-0.05, 0) is 48.7 Å². The van der Waals surface area contributed by atoms with Gasteiger partial charge in [0.05, 0.1) is 5.56 Å². The SMILES string of the molecule is Cc1ccc2oc(-c3cc(NC(=O)CC(C)C)ccc3O)nc2c1. The summed E-state index contributed by atoms with van der Waals surface area (Å²) in [6.07, 6.45) is 0.443. The number of phenolic OH excluding ortho intramolecular Hbond substituents is 1. The van der Waals surface area contributed by atoms with Crippen molar-refractivity contribution >= 4 is 22.7 Å². The van der Waals surface area contributed by atoms with E-state index < -0.39 is 0 Å². The lowest BCUT2D eigenvalue weighted by Crippen LogP contribution is -2.13. The van der Waals surface area contributed by atoms with Gasteiger partial charge >= 0.3 is 0 Å². The molecule has 0 atom stereocenters. The predicted octanol–water partition coefficient (Wildman–Crippen LogP) is 4.49. The van der Waals surface area contributed by atoms with E-state index in [0.29, 0.717) is 29.1 Å². The summed E-state index contributed by atoms with van der Waals surface area (Å²) in [7, 11) is 0. The number of phenols is 1. The molecule has 3 rings (SSSR count). The molecule has 0 unspecified atom stereocenters. The van der Waals surface area contributed by atoms with Crippen molar-refractivity contribution in [2.75, 3.05) is 5.32 Å². The third-order valence-electron chi connectivity index (χ3n) is 3.65. The van der Waals surface area contributed by atoms with Crippen LogP contribution < -0.4 is 5.32 Å². The molecule has 1 aromatic heterocycles. The molecule has 1 heterocycles. The molecule has 2 aromatic carbocycles. The van der Waals surface area contributed by atoms with E-state index in [1.807, 2.05) is 39.0 Å². The Kier molecular flexibility index (Phi) is 4.25. The Bertz CT molecular complexity index is 897. The maximum Gasteiger partial charge on any atom is 0.231 e. The van der Waals surface area contributed by atoms with Gasteiger partial charge in [-0.25, -0.2) is 4.98 Å². The maximum atomic E-state index is 11.9. The fourth-order valence-electron chi connectivity index (χ4n) is 2.52. The quantitative estimate of drug-likeness (QED) is 0.693. The van der Waals surface area contributed by atoms with Crippen LogP contribution in [0.2, 0.25) is 0 Å². The lowest BCUT2D eigenvalue weighted by atomic mass is 10.1. The van der Waals surface area contributed by atoms with Gasteiger partial charge in [0, 0.05) is 12.1 Å². The molecule has 1 amide bonds. The smallest absolute Gasteiger partial charge is 0.231 e. The Morgan fingerprint density at radius 3 is 2.79 bits per heavy atom. The molecule has 0 bridgehead atoms. The average Bonchev–Trinajstić information content (AvgIpc) is 2.91. The van der Waals surface area contributed by atoms with Crippen LogP contribution in [0.4, 0.5) is 5.69 Å². The van der Waals surface area contributed by atoms with Crippen molar-refractivity contribution in [3.8, 4) is 17.2 Å². The van der Waals surface area contributed by atoms with Gasteiger partial charge in [0.2, 0.25) is 11.8 Å². The second-order valence-electron chi connectivity index (χ2n) is 6.37. The van der Waals surface area contributed by atoms with E-state index in [1.54, 1.807) is 12.1 Å². The topological polar surface area (TPSA) is 75.4 Å². The van der Waals surface area contributed by atoms with Crippen LogP contribution in [0.15, 0.2) is 40.8 Å². The highest BCUT2D eigenvalue weighted by Crippen LogP contribution is 2.33. The number of amides is 1. The number of nitrogens with one attached hydrogen (secondary N) is 1. The Balaban J connectivity index is 1.94. The van der Waals surface area contributed by atoms with Crippen molar-refractivity contribution in [3.63, 3.8) is 0 Å². The fourth-order valence-corrected chi connectivity index (χ4v) is 2.52. The molecule has 0 aliphatic heterocycles. The molecular formula is C19H20N2O3. The van der Waals surface area contributed by atoms with Crippen molar-refractivity contribution < 1.29 is 14.3 Å². The second kappa shape index (κ2) is 6.35. The molecule has 0 saturated carbocycles. The minimum Gasteiger partial charge on any atom is -0.507 e. The van der Waals surface area contributed by atoms with Crippen molar-refractivity contribution in [2.24, 2.45) is 5.92 Å². The summed E-state index contributed by atoms with van der Waals surface area (Å²) in [6.45, 7) is 5.96. The van der Waals surface area contributed by atoms with Crippen LogP contribution in [-0.4, -0.2) is 16.0 Å². The summed E-state index contributed by atoms with van der Waals surface area (Å²) in [5.74, 6) is 0.602. The number of hydrogen-bond donors (Lipinski definition) is 2. The van der Waals surface area contributed by atoms with Gasteiger partial charge < -0.3 is 14.8 Å². The van der Waals surface area contributed by atoms with Gasteiger partial charge in [0.1, 0.15) is 11.3 Å². The molecule has 2 N–H and O–H groups in total. The first kappa shape index (κ1) is 16.1. The number of anilines is 1. The van der Waals surface area contributed by atoms with Crippen LogP contribution in [0.5, 0.6) is 5.75 Å². The number of oxazole rings is 1. The number of carbonyl (C=O) groups is 1. The van der Waals surface area contributed by atoms with Crippen molar-refractivity contribution in [1.29, 1.82) is 0 Å². The van der Waals surface area contributed by atoms with E-state index in [9.17, 15) is 9.90 Å². The number of hydrogen-bond acceptors (Lipinski definition) is 4. The number of nitrogens with zero attached hydrogens (tertiary/aromatic N) is 1. The van der Waals surface area contributed by atoms with Crippen LogP contribution in [0.25, 0.3) is 22.6 Å². The normalized spacial score (nSPS) is 11.2. The second-order valence-corrected chi connectivity index (χ2v) is 6.37. The zero-order chi connectivity index (χ0) is 17.3. The summed E-state index contributed by atoms with van der Waals surface area (Å²) in [4.78, 5) is 16.4. The highest BCUT2D eigenvalue weighted by Gasteiger charge is 2.14. The van der Waals surface area contributed by atoms with Crippen LogP contribution in [0.3, 0.4) is 0 Å². The molecule has 124 valence electrons. The number of rotatable bonds is 4. The average molecular weight is 324 g/mol. The molecule has 0 radical (unpaired) electrons. The first-order valence-electron chi connectivity index (χ1n) is 7.93. The monoisotopic (exact) mass is 324 g/mol. The first-order valence-corrected chi connectivity index (χ1v) is 7.93. The fraction of sp³-hybridized carbons (Fsp3) is 0.263. The third kappa shape index (κ3) is 3.40.